The zero-order chi connectivity index (χ0) is 14.9. The van der Waals surface area contributed by atoms with Gasteiger partial charge in [0.25, 0.3) is 5.89 Å². The highest BCUT2D eigenvalue weighted by Gasteiger charge is 2.24. The summed E-state index contributed by atoms with van der Waals surface area (Å²) in [5.41, 5.74) is -0.0957. The normalized spacial score (nSPS) is 12.9. The minimum absolute atomic E-state index is 0.0318. The van der Waals surface area contributed by atoms with E-state index < -0.39 is 20.9 Å². The van der Waals surface area contributed by atoms with Crippen LogP contribution in [0.1, 0.15) is 23.6 Å². The number of nitrogens with zero attached hydrogens (tertiary/aromatic N) is 3. The molecule has 0 amide bonds. The van der Waals surface area contributed by atoms with Gasteiger partial charge in [-0.2, -0.15) is 10.2 Å². The molecule has 0 radical (unpaired) electrons. The molecule has 0 bridgehead atoms. The van der Waals surface area contributed by atoms with Crippen molar-refractivity contribution in [3.05, 3.63) is 35.4 Å². The molecule has 1 aromatic carbocycles. The summed E-state index contributed by atoms with van der Waals surface area (Å²) in [4.78, 5) is 3.92. The monoisotopic (exact) mass is 295 g/mol. The molecule has 0 saturated carbocycles. The van der Waals surface area contributed by atoms with Gasteiger partial charge in [-0.3, -0.25) is 0 Å². The lowest BCUT2D eigenvalue weighted by atomic mass is 10.1. The molecule has 1 unspecified atom stereocenters. The van der Waals surface area contributed by atoms with Crippen LogP contribution in [-0.2, 0) is 9.84 Å². The van der Waals surface area contributed by atoms with Crippen molar-refractivity contribution in [1.29, 1.82) is 5.26 Å². The van der Waals surface area contributed by atoms with Crippen LogP contribution < -0.4 is 0 Å². The van der Waals surface area contributed by atoms with Gasteiger partial charge in [0.15, 0.2) is 15.7 Å². The van der Waals surface area contributed by atoms with E-state index in [9.17, 15) is 12.8 Å². The molecule has 0 aliphatic carbocycles. The van der Waals surface area contributed by atoms with E-state index >= 15 is 0 Å². The first kappa shape index (κ1) is 14.1. The fourth-order valence-electron chi connectivity index (χ4n) is 1.52. The number of hydrogen-bond donors (Lipinski definition) is 0. The minimum atomic E-state index is -3.37. The van der Waals surface area contributed by atoms with Crippen LogP contribution >= 0.6 is 0 Å². The number of sulfone groups is 1. The Balaban J connectivity index is 2.50. The second-order valence-corrected chi connectivity index (χ2v) is 6.57. The molecule has 0 N–H and O–H groups in total. The topological polar surface area (TPSA) is 96.8 Å². The van der Waals surface area contributed by atoms with Crippen molar-refractivity contribution in [3.8, 4) is 17.5 Å². The number of halogens is 1. The first-order chi connectivity index (χ1) is 9.34. The third kappa shape index (κ3) is 2.53. The lowest BCUT2D eigenvalue weighted by molar-refractivity contribution is 0.421. The van der Waals surface area contributed by atoms with E-state index in [1.165, 1.54) is 19.1 Å². The molecule has 0 aliphatic rings. The maximum atomic E-state index is 13.5. The summed E-state index contributed by atoms with van der Waals surface area (Å²) in [6.07, 6.45) is 1.05. The van der Waals surface area contributed by atoms with E-state index in [-0.39, 0.29) is 22.8 Å². The minimum Gasteiger partial charge on any atom is -0.334 e. The fraction of sp³-hybridized carbons (Fsp3) is 0.250. The summed E-state index contributed by atoms with van der Waals surface area (Å²) < 4.78 is 41.2. The van der Waals surface area contributed by atoms with Crippen LogP contribution in [0.2, 0.25) is 0 Å². The van der Waals surface area contributed by atoms with Crippen LogP contribution in [0.4, 0.5) is 4.39 Å². The molecule has 6 nitrogen and oxygen atoms in total. The van der Waals surface area contributed by atoms with Crippen LogP contribution in [0.15, 0.2) is 22.7 Å². The zero-order valence-corrected chi connectivity index (χ0v) is 11.5. The highest BCUT2D eigenvalue weighted by Crippen LogP contribution is 2.26. The van der Waals surface area contributed by atoms with Gasteiger partial charge in [-0.25, -0.2) is 12.8 Å². The number of benzene rings is 1. The van der Waals surface area contributed by atoms with E-state index in [4.69, 9.17) is 9.78 Å². The average molecular weight is 295 g/mol. The molecule has 104 valence electrons. The van der Waals surface area contributed by atoms with Gasteiger partial charge >= 0.3 is 0 Å². The Morgan fingerprint density at radius 2 is 2.15 bits per heavy atom. The molecular formula is C12H10FN3O3S. The Hall–Kier alpha value is -2.27. The van der Waals surface area contributed by atoms with E-state index in [1.54, 1.807) is 6.07 Å². The Bertz CT molecular complexity index is 793. The summed E-state index contributed by atoms with van der Waals surface area (Å²) in [5.74, 6) is -0.830. The van der Waals surface area contributed by atoms with Crippen LogP contribution in [0, 0.1) is 17.1 Å². The van der Waals surface area contributed by atoms with Crippen LogP contribution in [0.5, 0.6) is 0 Å². The zero-order valence-electron chi connectivity index (χ0n) is 10.7. The Labute approximate surface area is 114 Å². The van der Waals surface area contributed by atoms with Crippen molar-refractivity contribution < 1.29 is 17.3 Å². The molecule has 0 aliphatic heterocycles. The van der Waals surface area contributed by atoms with Crippen LogP contribution in [-0.4, -0.2) is 24.8 Å². The van der Waals surface area contributed by atoms with Crippen molar-refractivity contribution >= 4 is 9.84 Å². The Morgan fingerprint density at radius 3 is 2.75 bits per heavy atom. The smallest absolute Gasteiger partial charge is 0.259 e. The van der Waals surface area contributed by atoms with Crippen molar-refractivity contribution in [1.82, 2.24) is 10.1 Å². The van der Waals surface area contributed by atoms with Gasteiger partial charge in [0.2, 0.25) is 0 Å². The standard InChI is InChI=1S/C12H10FN3O3S/c1-7(20(2,17)18)11-15-12(19-16-11)8-4-3-5-10(13)9(8)6-14/h3-5,7H,1-2H3. The molecule has 20 heavy (non-hydrogen) atoms. The highest BCUT2D eigenvalue weighted by molar-refractivity contribution is 7.90. The van der Waals surface area contributed by atoms with E-state index in [0.717, 1.165) is 12.3 Å². The quantitative estimate of drug-likeness (QED) is 0.857. The molecule has 8 heteroatoms. The fourth-order valence-corrected chi connectivity index (χ4v) is 2.00. The van der Waals surface area contributed by atoms with Crippen molar-refractivity contribution in [2.45, 2.75) is 12.2 Å². The molecule has 0 saturated heterocycles. The first-order valence-corrected chi connectivity index (χ1v) is 7.51. The van der Waals surface area contributed by atoms with Crippen molar-refractivity contribution in [2.24, 2.45) is 0 Å². The van der Waals surface area contributed by atoms with Crippen molar-refractivity contribution in [3.63, 3.8) is 0 Å². The lowest BCUT2D eigenvalue weighted by Gasteiger charge is -2.02. The molecule has 1 heterocycles. The maximum Gasteiger partial charge on any atom is 0.259 e. The summed E-state index contributed by atoms with van der Waals surface area (Å²) >= 11 is 0. The molecule has 0 spiro atoms. The highest BCUT2D eigenvalue weighted by atomic mass is 32.2. The molecular weight excluding hydrogens is 285 g/mol. The number of aromatic nitrogens is 2. The Kier molecular flexibility index (Phi) is 3.55. The largest absolute Gasteiger partial charge is 0.334 e. The molecule has 1 atom stereocenters. The lowest BCUT2D eigenvalue weighted by Crippen LogP contribution is -2.09. The Morgan fingerprint density at radius 1 is 1.45 bits per heavy atom. The summed E-state index contributed by atoms with van der Waals surface area (Å²) in [5, 5.41) is 11.6. The van der Waals surface area contributed by atoms with Crippen LogP contribution in [0.25, 0.3) is 11.5 Å². The predicted molar refractivity (Wildman–Crippen MR) is 67.7 cm³/mol. The molecule has 0 fully saturated rings. The van der Waals surface area contributed by atoms with Gasteiger partial charge in [0.05, 0.1) is 5.56 Å². The summed E-state index contributed by atoms with van der Waals surface area (Å²) in [6.45, 7) is 1.42. The first-order valence-electron chi connectivity index (χ1n) is 5.56. The maximum absolute atomic E-state index is 13.5. The van der Waals surface area contributed by atoms with E-state index in [0.29, 0.717) is 0 Å². The number of nitriles is 1. The van der Waals surface area contributed by atoms with E-state index in [1.807, 2.05) is 0 Å². The third-order valence-corrected chi connectivity index (χ3v) is 4.30. The van der Waals surface area contributed by atoms with Gasteiger partial charge in [-0.15, -0.1) is 0 Å². The van der Waals surface area contributed by atoms with Gasteiger partial charge in [0, 0.05) is 6.26 Å². The van der Waals surface area contributed by atoms with Crippen molar-refractivity contribution in [2.75, 3.05) is 6.26 Å². The molecule has 2 aromatic rings. The second-order valence-electron chi connectivity index (χ2n) is 4.20. The molecule has 2 rings (SSSR count). The average Bonchev–Trinajstić information content (AvgIpc) is 2.85. The summed E-state index contributed by atoms with van der Waals surface area (Å²) in [6, 6.07) is 5.69. The van der Waals surface area contributed by atoms with Gasteiger partial charge in [0.1, 0.15) is 22.7 Å². The van der Waals surface area contributed by atoms with Crippen LogP contribution in [0.3, 0.4) is 0 Å². The summed E-state index contributed by atoms with van der Waals surface area (Å²) in [7, 11) is -3.37. The second kappa shape index (κ2) is 5.02. The van der Waals surface area contributed by atoms with Gasteiger partial charge in [-0.05, 0) is 19.1 Å². The number of rotatable bonds is 3. The predicted octanol–water partition coefficient (Wildman–Crippen LogP) is 1.85. The van der Waals surface area contributed by atoms with E-state index in [2.05, 4.69) is 10.1 Å². The van der Waals surface area contributed by atoms with Gasteiger partial charge in [-0.1, -0.05) is 11.2 Å². The number of hydrogen-bond acceptors (Lipinski definition) is 6. The molecule has 1 aromatic heterocycles. The third-order valence-electron chi connectivity index (χ3n) is 2.80. The SMILES string of the molecule is CC(c1noc(-c2cccc(F)c2C#N)n1)S(C)(=O)=O. The van der Waals surface area contributed by atoms with Gasteiger partial charge < -0.3 is 4.52 Å².